The summed E-state index contributed by atoms with van der Waals surface area (Å²) in [5.41, 5.74) is -3.56. The summed E-state index contributed by atoms with van der Waals surface area (Å²) in [5.74, 6) is -2.81. The van der Waals surface area contributed by atoms with Crippen LogP contribution in [0.25, 0.3) is 0 Å². The Balaban J connectivity index is 1.19. The Labute approximate surface area is 350 Å². The number of carbonyl (C=O) groups excluding carboxylic acids is 2. The highest BCUT2D eigenvalue weighted by Gasteiger charge is 2.66. The van der Waals surface area contributed by atoms with E-state index in [1.165, 1.54) is 65.3 Å². The normalized spacial score (nSPS) is 29.9. The lowest BCUT2D eigenvalue weighted by atomic mass is 9.49. The molecule has 330 valence electrons. The highest BCUT2D eigenvalue weighted by atomic mass is 19.4. The van der Waals surface area contributed by atoms with Crippen molar-refractivity contribution in [2.75, 3.05) is 14.2 Å². The number of rotatable bonds is 13. The molecule has 60 heavy (non-hydrogen) atoms. The van der Waals surface area contributed by atoms with E-state index in [9.17, 15) is 35.9 Å². The first-order valence-electron chi connectivity index (χ1n) is 21.3. The summed E-state index contributed by atoms with van der Waals surface area (Å²) in [6.45, 7) is 12.6. The van der Waals surface area contributed by atoms with E-state index in [0.29, 0.717) is 25.7 Å². The number of benzene rings is 2. The van der Waals surface area contributed by atoms with Crippen LogP contribution in [0.3, 0.4) is 0 Å². The number of fused-ring (bicyclic) bond motifs is 4. The molecule has 10 atom stereocenters. The number of allylic oxidation sites excluding steroid dienone is 4. The van der Waals surface area contributed by atoms with Gasteiger partial charge in [-0.1, -0.05) is 114 Å². The average Bonchev–Trinajstić information content (AvgIpc) is 3.54. The Morgan fingerprint density at radius 3 is 1.82 bits per heavy atom. The average molecular weight is 847 g/mol. The van der Waals surface area contributed by atoms with E-state index in [1.54, 1.807) is 12.1 Å². The SMILES string of the molecule is CO[C@](C(=O)O[C@@H](CC(C)C)C[C@@H](C)[C@H]1CC=C2C3=C(CC[C@@]21C)[C@@]1(C)CC[C@H](OC(=O)[C@@](OC)(c2ccccc2)C(F)(F)F)[C@@H](C)[C@@H]1CC3)(c1ccccc1)C(F)(F)F. The maximum Gasteiger partial charge on any atom is 0.432 e. The van der Waals surface area contributed by atoms with Gasteiger partial charge in [-0.25, -0.2) is 9.59 Å². The van der Waals surface area contributed by atoms with Gasteiger partial charge < -0.3 is 18.9 Å². The second-order valence-corrected chi connectivity index (χ2v) is 18.6. The first-order chi connectivity index (χ1) is 28.1. The highest BCUT2D eigenvalue weighted by molar-refractivity contribution is 5.83. The summed E-state index contributed by atoms with van der Waals surface area (Å²) in [6.07, 6.45) is -3.33. The predicted octanol–water partition coefficient (Wildman–Crippen LogP) is 12.0. The lowest BCUT2D eigenvalue weighted by Gasteiger charge is -2.56. The molecule has 0 unspecified atom stereocenters. The molecular weight excluding hydrogens is 787 g/mol. The van der Waals surface area contributed by atoms with Gasteiger partial charge in [0, 0.05) is 25.3 Å². The molecule has 0 aliphatic heterocycles. The van der Waals surface area contributed by atoms with Crippen molar-refractivity contribution in [3.8, 4) is 0 Å². The Hall–Kier alpha value is -3.64. The zero-order valence-corrected chi connectivity index (χ0v) is 36.0. The van der Waals surface area contributed by atoms with E-state index in [4.69, 9.17) is 18.9 Å². The number of alkyl halides is 6. The lowest BCUT2D eigenvalue weighted by molar-refractivity contribution is -0.280. The van der Waals surface area contributed by atoms with Crippen LogP contribution in [0.5, 0.6) is 0 Å². The minimum absolute atomic E-state index is 0.00545. The van der Waals surface area contributed by atoms with Crippen molar-refractivity contribution in [3.63, 3.8) is 0 Å². The molecule has 0 amide bonds. The Morgan fingerprint density at radius 2 is 1.30 bits per heavy atom. The van der Waals surface area contributed by atoms with Crippen LogP contribution in [0, 0.1) is 40.4 Å². The third-order valence-electron chi connectivity index (χ3n) is 14.9. The highest BCUT2D eigenvalue weighted by Crippen LogP contribution is 2.65. The van der Waals surface area contributed by atoms with Crippen molar-refractivity contribution in [1.82, 2.24) is 0 Å². The van der Waals surface area contributed by atoms with Gasteiger partial charge in [0.25, 0.3) is 11.2 Å². The number of halogens is 6. The third kappa shape index (κ3) is 7.64. The standard InChI is InChI=1S/C48H60F6O6/c1-29(2)27-34(59-41(55)45(57-7,47(49,50)51)32-15-11-9-12-16-32)28-30(3)36-21-22-38-35-19-20-37-31(4)40(24-26-44(37,6)39(35)23-25-43(36,38)5)60-42(56)46(58-8,48(52,53)54)33-17-13-10-14-18-33/h9-18,22,29-31,34,36-37,40H,19-21,23-28H2,1-8H3/t30-,31+,34+,36-,37+,40+,43-,44+,45+,46+/m1/s1. The van der Waals surface area contributed by atoms with Gasteiger partial charge in [0.05, 0.1) is 0 Å². The van der Waals surface area contributed by atoms with Gasteiger partial charge in [-0.15, -0.1) is 0 Å². The molecule has 6 rings (SSSR count). The maximum absolute atomic E-state index is 14.8. The summed E-state index contributed by atoms with van der Waals surface area (Å²) < 4.78 is 110. The summed E-state index contributed by atoms with van der Waals surface area (Å²) in [5, 5.41) is 0. The Kier molecular flexibility index (Phi) is 12.9. The number of carbonyl (C=O) groups is 2. The second kappa shape index (κ2) is 16.9. The van der Waals surface area contributed by atoms with Gasteiger partial charge in [-0.05, 0) is 109 Å². The molecule has 0 heterocycles. The van der Waals surface area contributed by atoms with Crippen LogP contribution in [-0.2, 0) is 39.7 Å². The molecule has 4 aliphatic rings. The summed E-state index contributed by atoms with van der Waals surface area (Å²) in [4.78, 5) is 27.4. The zero-order chi connectivity index (χ0) is 44.1. The molecule has 0 aromatic heterocycles. The molecule has 4 aliphatic carbocycles. The van der Waals surface area contributed by atoms with Crippen molar-refractivity contribution in [2.45, 2.75) is 135 Å². The molecule has 0 bridgehead atoms. The van der Waals surface area contributed by atoms with Crippen molar-refractivity contribution in [1.29, 1.82) is 0 Å². The van der Waals surface area contributed by atoms with Crippen molar-refractivity contribution < 1.29 is 54.9 Å². The summed E-state index contributed by atoms with van der Waals surface area (Å²) in [7, 11) is 1.76. The second-order valence-electron chi connectivity index (χ2n) is 18.6. The number of hydrogen-bond acceptors (Lipinski definition) is 6. The van der Waals surface area contributed by atoms with Gasteiger partial charge in [-0.2, -0.15) is 26.3 Å². The molecule has 2 aromatic carbocycles. The van der Waals surface area contributed by atoms with Crippen LogP contribution >= 0.6 is 0 Å². The first kappa shape index (κ1) is 45.9. The predicted molar refractivity (Wildman–Crippen MR) is 215 cm³/mol. The number of ether oxygens (including phenoxy) is 4. The summed E-state index contributed by atoms with van der Waals surface area (Å²) in [6, 6.07) is 13.8. The zero-order valence-electron chi connectivity index (χ0n) is 36.0. The lowest BCUT2D eigenvalue weighted by Crippen LogP contribution is -2.54. The molecule has 12 heteroatoms. The Bertz CT molecular complexity index is 1930. The molecular formula is C48H60F6O6. The quantitative estimate of drug-likeness (QED) is 0.148. The number of methoxy groups -OCH3 is 2. The van der Waals surface area contributed by atoms with E-state index in [0.717, 1.165) is 46.3 Å². The minimum Gasteiger partial charge on any atom is -0.460 e. The fourth-order valence-corrected chi connectivity index (χ4v) is 11.9. The van der Waals surface area contributed by atoms with E-state index >= 15 is 0 Å². The van der Waals surface area contributed by atoms with E-state index in [-0.39, 0.29) is 51.5 Å². The van der Waals surface area contributed by atoms with Crippen LogP contribution in [0.1, 0.15) is 110 Å². The van der Waals surface area contributed by atoms with Crippen molar-refractivity contribution in [3.05, 3.63) is 94.6 Å². The van der Waals surface area contributed by atoms with Gasteiger partial charge >= 0.3 is 24.3 Å². The third-order valence-corrected chi connectivity index (χ3v) is 14.9. The smallest absolute Gasteiger partial charge is 0.432 e. The van der Waals surface area contributed by atoms with Crippen molar-refractivity contribution >= 4 is 11.9 Å². The van der Waals surface area contributed by atoms with Crippen LogP contribution in [0.15, 0.2) is 83.5 Å². The minimum atomic E-state index is -5.07. The molecule has 0 N–H and O–H groups in total. The van der Waals surface area contributed by atoms with Gasteiger partial charge in [-0.3, -0.25) is 0 Å². The van der Waals surface area contributed by atoms with Gasteiger partial charge in [0.1, 0.15) is 12.2 Å². The first-order valence-corrected chi connectivity index (χ1v) is 21.3. The summed E-state index contributed by atoms with van der Waals surface area (Å²) >= 11 is 0. The molecule has 0 saturated heterocycles. The van der Waals surface area contributed by atoms with Crippen LogP contribution in [-0.4, -0.2) is 50.7 Å². The number of esters is 2. The van der Waals surface area contributed by atoms with Crippen LogP contribution < -0.4 is 0 Å². The van der Waals surface area contributed by atoms with E-state index in [1.807, 2.05) is 20.8 Å². The molecule has 6 nitrogen and oxygen atoms in total. The fourth-order valence-electron chi connectivity index (χ4n) is 11.9. The van der Waals surface area contributed by atoms with Crippen LogP contribution in [0.4, 0.5) is 26.3 Å². The molecule has 1 saturated carbocycles. The molecule has 2 aromatic rings. The molecule has 1 fully saturated rings. The Morgan fingerprint density at radius 1 is 0.750 bits per heavy atom. The van der Waals surface area contributed by atoms with Crippen molar-refractivity contribution in [2.24, 2.45) is 40.4 Å². The fraction of sp³-hybridized carbons (Fsp3) is 0.625. The monoisotopic (exact) mass is 846 g/mol. The molecule has 0 radical (unpaired) electrons. The molecule has 0 spiro atoms. The van der Waals surface area contributed by atoms with E-state index in [2.05, 4.69) is 26.8 Å². The number of hydrogen-bond donors (Lipinski definition) is 0. The van der Waals surface area contributed by atoms with Gasteiger partial charge in [0.2, 0.25) is 0 Å². The topological polar surface area (TPSA) is 71.1 Å². The van der Waals surface area contributed by atoms with E-state index < -0.39 is 47.7 Å². The van der Waals surface area contributed by atoms with Crippen LogP contribution in [0.2, 0.25) is 0 Å². The maximum atomic E-state index is 14.8. The largest absolute Gasteiger partial charge is 0.460 e. The van der Waals surface area contributed by atoms with Gasteiger partial charge in [0.15, 0.2) is 0 Å².